The van der Waals surface area contributed by atoms with Crippen LogP contribution in [0.2, 0.25) is 0 Å². The van der Waals surface area contributed by atoms with Crippen molar-refractivity contribution in [1.82, 2.24) is 9.13 Å². The summed E-state index contributed by atoms with van der Waals surface area (Å²) in [7, 11) is 0. The zero-order valence-corrected chi connectivity index (χ0v) is 28.2. The van der Waals surface area contributed by atoms with Gasteiger partial charge in [0.1, 0.15) is 0 Å². The van der Waals surface area contributed by atoms with Crippen molar-refractivity contribution in [2.75, 3.05) is 0 Å². The van der Waals surface area contributed by atoms with Crippen LogP contribution in [-0.2, 0) is 0 Å². The molecule has 2 aromatic heterocycles. The summed E-state index contributed by atoms with van der Waals surface area (Å²) in [5.74, 6) is 0. The number of aromatic nitrogens is 2. The van der Waals surface area contributed by atoms with E-state index in [2.05, 4.69) is 205 Å². The molecule has 0 spiro atoms. The minimum Gasteiger partial charge on any atom is -0.309 e. The van der Waals surface area contributed by atoms with Gasteiger partial charge in [0.05, 0.1) is 22.1 Å². The molecule has 0 aliphatic carbocycles. The van der Waals surface area contributed by atoms with Crippen LogP contribution >= 0.6 is 0 Å². The highest BCUT2D eigenvalue weighted by Crippen LogP contribution is 2.38. The molecule has 2 heterocycles. The molecule has 0 fully saturated rings. The number of allylic oxidation sites excluding steroid dienone is 4. The van der Waals surface area contributed by atoms with Crippen LogP contribution in [0.25, 0.3) is 82.8 Å². The van der Waals surface area contributed by atoms with E-state index in [0.717, 1.165) is 11.4 Å². The smallest absolute Gasteiger partial charge is 0.0547 e. The first kappa shape index (κ1) is 29.7. The summed E-state index contributed by atoms with van der Waals surface area (Å²) in [6, 6.07) is 59.8. The highest BCUT2D eigenvalue weighted by Gasteiger charge is 2.16. The minimum absolute atomic E-state index is 1.16. The van der Waals surface area contributed by atoms with Gasteiger partial charge in [-0.2, -0.15) is 0 Å². The van der Waals surface area contributed by atoms with E-state index in [1.54, 1.807) is 0 Å². The lowest BCUT2D eigenvalue weighted by molar-refractivity contribution is 1.18. The van der Waals surface area contributed by atoms with Crippen molar-refractivity contribution in [2.24, 2.45) is 0 Å². The monoisotopic (exact) mass is 640 g/mol. The lowest BCUT2D eigenvalue weighted by atomic mass is 10.0. The second-order valence-corrected chi connectivity index (χ2v) is 12.9. The van der Waals surface area contributed by atoms with Gasteiger partial charge in [-0.25, -0.2) is 0 Å². The second kappa shape index (κ2) is 12.3. The molecule has 0 saturated heterocycles. The van der Waals surface area contributed by atoms with Gasteiger partial charge in [-0.1, -0.05) is 127 Å². The van der Waals surface area contributed by atoms with E-state index < -0.39 is 0 Å². The van der Waals surface area contributed by atoms with E-state index in [-0.39, 0.29) is 0 Å². The Morgan fingerprint density at radius 1 is 0.400 bits per heavy atom. The Hall–Kier alpha value is -6.38. The minimum atomic E-state index is 1.16. The van der Waals surface area contributed by atoms with Crippen LogP contribution < -0.4 is 0 Å². The fourth-order valence-electron chi connectivity index (χ4n) is 7.63. The Morgan fingerprint density at radius 3 is 1.58 bits per heavy atom. The summed E-state index contributed by atoms with van der Waals surface area (Å²) in [6.45, 7) is 4.16. The Morgan fingerprint density at radius 2 is 0.900 bits per heavy atom. The molecular weight excluding hydrogens is 605 g/mol. The molecule has 0 N–H and O–H groups in total. The predicted octanol–water partition coefficient (Wildman–Crippen LogP) is 13.2. The number of hydrogen-bond donors (Lipinski definition) is 0. The van der Waals surface area contributed by atoms with Gasteiger partial charge < -0.3 is 9.13 Å². The van der Waals surface area contributed by atoms with E-state index in [4.69, 9.17) is 0 Å². The van der Waals surface area contributed by atoms with Crippen molar-refractivity contribution >= 4 is 49.2 Å². The largest absolute Gasteiger partial charge is 0.309 e. The fraction of sp³-hybridized carbons (Fsp3) is 0.0417. The summed E-state index contributed by atoms with van der Waals surface area (Å²) in [5, 5.41) is 5.03. The van der Waals surface area contributed by atoms with Gasteiger partial charge in [0.25, 0.3) is 0 Å². The first-order valence-electron chi connectivity index (χ1n) is 17.3. The molecule has 9 aromatic rings. The predicted molar refractivity (Wildman–Crippen MR) is 214 cm³/mol. The third-order valence-electron chi connectivity index (χ3n) is 10.0. The molecule has 238 valence electrons. The van der Waals surface area contributed by atoms with Crippen molar-refractivity contribution in [1.29, 1.82) is 0 Å². The molecule has 0 amide bonds. The highest BCUT2D eigenvalue weighted by molar-refractivity contribution is 6.12. The topological polar surface area (TPSA) is 9.86 Å². The molecule has 9 rings (SSSR count). The average molecular weight is 641 g/mol. The molecule has 0 atom stereocenters. The molecule has 7 aromatic carbocycles. The maximum absolute atomic E-state index is 2.41. The molecule has 0 bridgehead atoms. The van der Waals surface area contributed by atoms with E-state index in [9.17, 15) is 0 Å². The van der Waals surface area contributed by atoms with Gasteiger partial charge in [-0.3, -0.25) is 0 Å². The lowest BCUT2D eigenvalue weighted by Crippen LogP contribution is -1.95. The molecule has 2 nitrogen and oxygen atoms in total. The maximum Gasteiger partial charge on any atom is 0.0547 e. The first-order chi connectivity index (χ1) is 24.7. The molecule has 0 aliphatic heterocycles. The summed E-state index contributed by atoms with van der Waals surface area (Å²) in [4.78, 5) is 0. The van der Waals surface area contributed by atoms with E-state index in [1.807, 2.05) is 0 Å². The Balaban J connectivity index is 1.17. The van der Waals surface area contributed by atoms with Gasteiger partial charge in [-0.05, 0) is 102 Å². The van der Waals surface area contributed by atoms with Gasteiger partial charge >= 0.3 is 0 Å². The van der Waals surface area contributed by atoms with Crippen LogP contribution in [0.3, 0.4) is 0 Å². The lowest BCUT2D eigenvalue weighted by Gasteiger charge is -2.11. The molecular formula is C48H36N2. The van der Waals surface area contributed by atoms with Gasteiger partial charge in [0.15, 0.2) is 0 Å². The summed E-state index contributed by atoms with van der Waals surface area (Å²) in [6.07, 6.45) is 6.42. The van der Waals surface area contributed by atoms with Crippen LogP contribution in [0.5, 0.6) is 0 Å². The van der Waals surface area contributed by atoms with Crippen molar-refractivity contribution in [3.8, 4) is 33.6 Å². The molecule has 0 aliphatic rings. The first-order valence-corrected chi connectivity index (χ1v) is 17.3. The van der Waals surface area contributed by atoms with Crippen LogP contribution in [0.4, 0.5) is 0 Å². The maximum atomic E-state index is 2.41. The van der Waals surface area contributed by atoms with E-state index >= 15 is 0 Å². The normalized spacial score (nSPS) is 12.2. The van der Waals surface area contributed by atoms with Crippen LogP contribution in [0.15, 0.2) is 182 Å². The van der Waals surface area contributed by atoms with Crippen LogP contribution in [0.1, 0.15) is 19.4 Å². The highest BCUT2D eigenvalue weighted by atomic mass is 15.0. The van der Waals surface area contributed by atoms with Gasteiger partial charge in [0, 0.05) is 32.9 Å². The number of fused-ring (bicyclic) bond motifs is 6. The SMILES string of the molecule is C/C=C\C(=C/C)c1ccc(-n2c3ccccc3c3ccc(-c4ccc5c(c4)c4ccccc4n5-c4ccc(-c5ccccc5)cc4)cc32)cc1. The Labute approximate surface area is 292 Å². The number of para-hydroxylation sites is 2. The van der Waals surface area contributed by atoms with Crippen molar-refractivity contribution in [3.05, 3.63) is 188 Å². The van der Waals surface area contributed by atoms with Crippen LogP contribution in [0, 0.1) is 0 Å². The third kappa shape index (κ3) is 4.88. The zero-order chi connectivity index (χ0) is 33.6. The van der Waals surface area contributed by atoms with Crippen molar-refractivity contribution in [3.63, 3.8) is 0 Å². The van der Waals surface area contributed by atoms with Crippen molar-refractivity contribution in [2.45, 2.75) is 13.8 Å². The third-order valence-corrected chi connectivity index (χ3v) is 10.0. The van der Waals surface area contributed by atoms with E-state index in [0.29, 0.717) is 0 Å². The quantitative estimate of drug-likeness (QED) is 0.160. The number of rotatable bonds is 6. The Bertz CT molecular complexity index is 2740. The molecule has 50 heavy (non-hydrogen) atoms. The van der Waals surface area contributed by atoms with Gasteiger partial charge in [-0.15, -0.1) is 0 Å². The number of benzene rings is 7. The molecule has 0 saturated carbocycles. The van der Waals surface area contributed by atoms with Crippen molar-refractivity contribution < 1.29 is 0 Å². The van der Waals surface area contributed by atoms with Gasteiger partial charge in [0.2, 0.25) is 0 Å². The molecule has 2 heteroatoms. The number of hydrogen-bond acceptors (Lipinski definition) is 0. The molecule has 0 radical (unpaired) electrons. The summed E-state index contributed by atoms with van der Waals surface area (Å²) >= 11 is 0. The summed E-state index contributed by atoms with van der Waals surface area (Å²) < 4.78 is 4.80. The Kier molecular flexibility index (Phi) is 7.29. The van der Waals surface area contributed by atoms with Crippen LogP contribution in [-0.4, -0.2) is 9.13 Å². The average Bonchev–Trinajstić information content (AvgIpc) is 3.69. The fourth-order valence-corrected chi connectivity index (χ4v) is 7.63. The zero-order valence-electron chi connectivity index (χ0n) is 28.2. The molecule has 0 unspecified atom stereocenters. The standard InChI is InChI=1S/C48H36N2/c1-3-12-33(4-2)35-19-25-40(26-20-35)50-45-17-10-8-15-41(45)43-29-23-38(32-48(43)50)37-24-30-47-44(31-37)42-16-9-11-18-46(42)49(47)39-27-21-36(22-28-39)34-13-6-5-7-14-34/h3-32H,1-2H3/b12-3-,33-4+. The second-order valence-electron chi connectivity index (χ2n) is 12.9. The van der Waals surface area contributed by atoms with E-state index in [1.165, 1.54) is 77.0 Å². The summed E-state index contributed by atoms with van der Waals surface area (Å²) in [5.41, 5.74) is 14.5. The number of nitrogens with zero attached hydrogens (tertiary/aromatic N) is 2.